The fraction of sp³-hybridized carbons (Fsp3) is 0.706. The highest BCUT2D eigenvalue weighted by Crippen LogP contribution is 2.27. The van der Waals surface area contributed by atoms with Crippen molar-refractivity contribution in [3.8, 4) is 0 Å². The molecule has 128 valence electrons. The van der Waals surface area contributed by atoms with Gasteiger partial charge in [0, 0.05) is 25.7 Å². The Hall–Kier alpha value is -1.53. The summed E-state index contributed by atoms with van der Waals surface area (Å²) in [5.41, 5.74) is 0. The number of ether oxygens (including phenoxy) is 1. The molecule has 1 aromatic rings. The number of nitrogens with zero attached hydrogens (tertiary/aromatic N) is 1. The van der Waals surface area contributed by atoms with Crippen LogP contribution in [0.25, 0.3) is 0 Å². The summed E-state index contributed by atoms with van der Waals surface area (Å²) in [7, 11) is 1.62. The number of carbonyl (C=O) groups is 1. The van der Waals surface area contributed by atoms with Gasteiger partial charge in [0.05, 0.1) is 6.61 Å². The van der Waals surface area contributed by atoms with Gasteiger partial charge in [-0.15, -0.1) is 0 Å². The number of carbonyl (C=O) groups excluding carboxylic acids is 1. The summed E-state index contributed by atoms with van der Waals surface area (Å²) < 4.78 is 10.8. The largest absolute Gasteiger partial charge is 0.464 e. The fourth-order valence-corrected chi connectivity index (χ4v) is 3.79. The van der Waals surface area contributed by atoms with Crippen molar-refractivity contribution in [3.05, 3.63) is 23.7 Å². The number of amides is 2. The maximum Gasteiger partial charge on any atom is 0.315 e. The molecule has 0 aliphatic carbocycles. The zero-order chi connectivity index (χ0) is 16.2. The first kappa shape index (κ1) is 16.3. The number of hydrogen-bond acceptors (Lipinski definition) is 4. The number of nitrogens with one attached hydrogen (secondary N) is 2. The van der Waals surface area contributed by atoms with E-state index in [0.29, 0.717) is 12.6 Å². The van der Waals surface area contributed by atoms with Crippen LogP contribution in [-0.4, -0.2) is 49.8 Å². The Kier molecular flexibility index (Phi) is 5.23. The minimum absolute atomic E-state index is 0.140. The van der Waals surface area contributed by atoms with E-state index in [0.717, 1.165) is 24.5 Å². The Morgan fingerprint density at radius 1 is 1.39 bits per heavy atom. The average molecular weight is 321 g/mol. The summed E-state index contributed by atoms with van der Waals surface area (Å²) in [5.74, 6) is 1.56. The molecule has 0 aromatic carbocycles. The molecule has 3 rings (SSSR count). The molecule has 0 saturated carbocycles. The number of piperidine rings is 1. The molecule has 3 unspecified atom stereocenters. The second-order valence-electron chi connectivity index (χ2n) is 6.57. The van der Waals surface area contributed by atoms with E-state index in [1.807, 2.05) is 19.1 Å². The van der Waals surface area contributed by atoms with Gasteiger partial charge in [-0.3, -0.25) is 4.90 Å². The number of urea groups is 1. The van der Waals surface area contributed by atoms with Crippen LogP contribution in [0.5, 0.6) is 0 Å². The van der Waals surface area contributed by atoms with Crippen molar-refractivity contribution in [2.75, 3.05) is 26.8 Å². The molecule has 3 atom stereocenters. The summed E-state index contributed by atoms with van der Waals surface area (Å²) >= 11 is 0. The van der Waals surface area contributed by atoms with Crippen LogP contribution < -0.4 is 10.6 Å². The lowest BCUT2D eigenvalue weighted by molar-refractivity contribution is 0.153. The standard InChI is InChI=1S/C17H27N3O3/c1-12-6-7-16(23-12)14(11-22-2)19-17(21)18-13-8-10-20-9-4-3-5-15(13)20/h6-7,13-15H,3-5,8-11H2,1-2H3,(H2,18,19,21). The first-order valence-electron chi connectivity index (χ1n) is 8.53. The van der Waals surface area contributed by atoms with Gasteiger partial charge in [0.15, 0.2) is 0 Å². The zero-order valence-corrected chi connectivity index (χ0v) is 14.0. The first-order valence-corrected chi connectivity index (χ1v) is 8.53. The Morgan fingerprint density at radius 2 is 2.26 bits per heavy atom. The smallest absolute Gasteiger partial charge is 0.315 e. The molecule has 1 aromatic heterocycles. The molecular weight excluding hydrogens is 294 g/mol. The van der Waals surface area contributed by atoms with E-state index in [1.54, 1.807) is 7.11 Å². The lowest BCUT2D eigenvalue weighted by Gasteiger charge is -2.32. The summed E-state index contributed by atoms with van der Waals surface area (Å²) in [4.78, 5) is 14.9. The van der Waals surface area contributed by atoms with Crippen molar-refractivity contribution in [2.45, 2.75) is 50.7 Å². The van der Waals surface area contributed by atoms with Crippen LogP contribution in [0.4, 0.5) is 4.79 Å². The molecule has 2 saturated heterocycles. The van der Waals surface area contributed by atoms with Gasteiger partial charge in [-0.1, -0.05) is 6.42 Å². The predicted octanol–water partition coefficient (Wildman–Crippen LogP) is 2.20. The van der Waals surface area contributed by atoms with Crippen LogP contribution in [0.15, 0.2) is 16.5 Å². The third-order valence-corrected chi connectivity index (χ3v) is 4.92. The molecule has 2 aliphatic rings. The summed E-state index contributed by atoms with van der Waals surface area (Å²) in [6, 6.07) is 4.13. The molecule has 6 nitrogen and oxygen atoms in total. The number of methoxy groups -OCH3 is 1. The quantitative estimate of drug-likeness (QED) is 0.872. The van der Waals surface area contributed by atoms with Crippen LogP contribution in [0.1, 0.15) is 43.2 Å². The van der Waals surface area contributed by atoms with Gasteiger partial charge in [-0.05, 0) is 44.9 Å². The van der Waals surface area contributed by atoms with Crippen molar-refractivity contribution in [1.29, 1.82) is 0 Å². The van der Waals surface area contributed by atoms with Crippen molar-refractivity contribution in [3.63, 3.8) is 0 Å². The highest BCUT2D eigenvalue weighted by molar-refractivity contribution is 5.74. The van der Waals surface area contributed by atoms with Crippen molar-refractivity contribution >= 4 is 6.03 Å². The molecular formula is C17H27N3O3. The topological polar surface area (TPSA) is 66.7 Å². The maximum absolute atomic E-state index is 12.4. The van der Waals surface area contributed by atoms with Gasteiger partial charge in [-0.25, -0.2) is 4.79 Å². The second kappa shape index (κ2) is 7.36. The lowest BCUT2D eigenvalue weighted by Crippen LogP contribution is -2.50. The number of hydrogen-bond donors (Lipinski definition) is 2. The predicted molar refractivity (Wildman–Crippen MR) is 87.3 cm³/mol. The molecule has 0 radical (unpaired) electrons. The van der Waals surface area contributed by atoms with Crippen LogP contribution in [0, 0.1) is 6.92 Å². The molecule has 2 fully saturated rings. The van der Waals surface area contributed by atoms with E-state index >= 15 is 0 Å². The Morgan fingerprint density at radius 3 is 3.00 bits per heavy atom. The van der Waals surface area contributed by atoms with E-state index in [9.17, 15) is 4.79 Å². The molecule has 23 heavy (non-hydrogen) atoms. The van der Waals surface area contributed by atoms with E-state index in [4.69, 9.17) is 9.15 Å². The van der Waals surface area contributed by atoms with Crippen molar-refractivity contribution in [1.82, 2.24) is 15.5 Å². The third kappa shape index (κ3) is 3.87. The Balaban J connectivity index is 1.56. The van der Waals surface area contributed by atoms with Gasteiger partial charge in [0.1, 0.15) is 17.6 Å². The van der Waals surface area contributed by atoms with Crippen LogP contribution in [0.2, 0.25) is 0 Å². The number of rotatable bonds is 5. The van der Waals surface area contributed by atoms with Gasteiger partial charge in [0.25, 0.3) is 0 Å². The minimum atomic E-state index is -0.266. The van der Waals surface area contributed by atoms with Gasteiger partial charge >= 0.3 is 6.03 Å². The van der Waals surface area contributed by atoms with E-state index < -0.39 is 0 Å². The number of fused-ring (bicyclic) bond motifs is 1. The molecule has 6 heteroatoms. The molecule has 2 N–H and O–H groups in total. The number of aryl methyl sites for hydroxylation is 1. The normalized spacial score (nSPS) is 25.8. The van der Waals surface area contributed by atoms with Crippen molar-refractivity contribution in [2.24, 2.45) is 0 Å². The zero-order valence-electron chi connectivity index (χ0n) is 14.0. The third-order valence-electron chi connectivity index (χ3n) is 4.92. The van der Waals surface area contributed by atoms with Crippen LogP contribution >= 0.6 is 0 Å². The minimum Gasteiger partial charge on any atom is -0.464 e. The summed E-state index contributed by atoms with van der Waals surface area (Å²) in [6.45, 7) is 4.54. The van der Waals surface area contributed by atoms with Gasteiger partial charge < -0.3 is 19.8 Å². The molecule has 3 heterocycles. The van der Waals surface area contributed by atoms with Crippen LogP contribution in [-0.2, 0) is 4.74 Å². The van der Waals surface area contributed by atoms with Gasteiger partial charge in [-0.2, -0.15) is 0 Å². The Labute approximate surface area is 137 Å². The fourth-order valence-electron chi connectivity index (χ4n) is 3.79. The van der Waals surface area contributed by atoms with Crippen LogP contribution in [0.3, 0.4) is 0 Å². The average Bonchev–Trinajstić information content (AvgIpc) is 3.14. The van der Waals surface area contributed by atoms with Crippen molar-refractivity contribution < 1.29 is 13.9 Å². The van der Waals surface area contributed by atoms with Gasteiger partial charge in [0.2, 0.25) is 0 Å². The summed E-state index contributed by atoms with van der Waals surface area (Å²) in [5, 5.41) is 6.14. The van der Waals surface area contributed by atoms with E-state index in [2.05, 4.69) is 15.5 Å². The molecule has 2 amide bonds. The molecule has 2 aliphatic heterocycles. The molecule has 0 bridgehead atoms. The molecule has 0 spiro atoms. The van der Waals surface area contributed by atoms with E-state index in [1.165, 1.54) is 25.8 Å². The monoisotopic (exact) mass is 321 g/mol. The SMILES string of the molecule is COCC(NC(=O)NC1CCN2CCCCC12)c1ccc(C)o1. The highest BCUT2D eigenvalue weighted by Gasteiger charge is 2.36. The lowest BCUT2D eigenvalue weighted by atomic mass is 9.99. The number of furan rings is 1. The maximum atomic E-state index is 12.4. The Bertz CT molecular complexity index is 531. The second-order valence-corrected chi connectivity index (χ2v) is 6.57. The highest BCUT2D eigenvalue weighted by atomic mass is 16.5. The van der Waals surface area contributed by atoms with E-state index in [-0.39, 0.29) is 18.1 Å². The first-order chi connectivity index (χ1) is 11.2. The summed E-state index contributed by atoms with van der Waals surface area (Å²) in [6.07, 6.45) is 4.76.